The Balaban J connectivity index is 1.86. The molecule has 4 heteroatoms. The molecule has 106 valence electrons. The second-order valence-electron chi connectivity index (χ2n) is 5.15. The molecule has 19 heavy (non-hydrogen) atoms. The first-order valence-electron chi connectivity index (χ1n) is 7.08. The lowest BCUT2D eigenvalue weighted by Crippen LogP contribution is -2.32. The van der Waals surface area contributed by atoms with E-state index in [9.17, 15) is 4.21 Å². The Morgan fingerprint density at radius 3 is 3.00 bits per heavy atom. The highest BCUT2D eigenvalue weighted by molar-refractivity contribution is 9.10. The lowest BCUT2D eigenvalue weighted by atomic mass is 10.0. The molecule has 0 aromatic heterocycles. The van der Waals surface area contributed by atoms with E-state index in [0.717, 1.165) is 28.1 Å². The zero-order chi connectivity index (χ0) is 13.7. The summed E-state index contributed by atoms with van der Waals surface area (Å²) in [6, 6.07) is 8.49. The van der Waals surface area contributed by atoms with E-state index in [1.165, 1.54) is 19.3 Å². The molecule has 0 heterocycles. The predicted molar refractivity (Wildman–Crippen MR) is 84.8 cm³/mol. The van der Waals surface area contributed by atoms with Crippen molar-refractivity contribution in [2.45, 2.75) is 43.5 Å². The number of halogens is 1. The molecule has 3 unspecified atom stereocenters. The van der Waals surface area contributed by atoms with Crippen molar-refractivity contribution in [2.24, 2.45) is 5.92 Å². The standard InChI is InChI=1S/C15H22BrNOS/c1-2-17-15-8-3-5-12(15)9-10-19(18)14-7-4-6-13(16)11-14/h4,6-7,11-12,15,17H,2-3,5,8-10H2,1H3. The van der Waals surface area contributed by atoms with Crippen LogP contribution in [0.5, 0.6) is 0 Å². The quantitative estimate of drug-likeness (QED) is 0.852. The Morgan fingerprint density at radius 1 is 1.42 bits per heavy atom. The van der Waals surface area contributed by atoms with Crippen LogP contribution < -0.4 is 5.32 Å². The van der Waals surface area contributed by atoms with Crippen LogP contribution in [0.1, 0.15) is 32.6 Å². The zero-order valence-corrected chi connectivity index (χ0v) is 13.8. The second kappa shape index (κ2) is 7.55. The third-order valence-electron chi connectivity index (χ3n) is 3.86. The smallest absolute Gasteiger partial charge is 0.0530 e. The van der Waals surface area contributed by atoms with Crippen LogP contribution in [-0.2, 0) is 10.8 Å². The largest absolute Gasteiger partial charge is 0.314 e. The van der Waals surface area contributed by atoms with Crippen LogP contribution in [0.25, 0.3) is 0 Å². The van der Waals surface area contributed by atoms with Gasteiger partial charge in [0.05, 0.1) is 10.8 Å². The van der Waals surface area contributed by atoms with Gasteiger partial charge in [0.15, 0.2) is 0 Å². The third kappa shape index (κ3) is 4.40. The fraction of sp³-hybridized carbons (Fsp3) is 0.600. The van der Waals surface area contributed by atoms with Crippen molar-refractivity contribution in [3.63, 3.8) is 0 Å². The molecule has 1 aliphatic rings. The van der Waals surface area contributed by atoms with E-state index < -0.39 is 10.8 Å². The maximum absolute atomic E-state index is 12.3. The first-order chi connectivity index (χ1) is 9.20. The SMILES string of the molecule is CCNC1CCCC1CCS(=O)c1cccc(Br)c1. The summed E-state index contributed by atoms with van der Waals surface area (Å²) in [6.07, 6.45) is 4.94. The summed E-state index contributed by atoms with van der Waals surface area (Å²) in [5.41, 5.74) is 0. The topological polar surface area (TPSA) is 29.1 Å². The number of benzene rings is 1. The Labute approximate surface area is 127 Å². The molecule has 1 aliphatic carbocycles. The summed E-state index contributed by atoms with van der Waals surface area (Å²) in [5.74, 6) is 1.49. The summed E-state index contributed by atoms with van der Waals surface area (Å²) < 4.78 is 13.3. The van der Waals surface area contributed by atoms with Crippen LogP contribution in [0.3, 0.4) is 0 Å². The van der Waals surface area contributed by atoms with E-state index in [-0.39, 0.29) is 0 Å². The average molecular weight is 344 g/mol. The van der Waals surface area contributed by atoms with Gasteiger partial charge in [-0.25, -0.2) is 0 Å². The van der Waals surface area contributed by atoms with E-state index in [1.54, 1.807) is 0 Å². The Morgan fingerprint density at radius 2 is 2.26 bits per heavy atom. The lowest BCUT2D eigenvalue weighted by molar-refractivity contribution is 0.399. The van der Waals surface area contributed by atoms with Gasteiger partial charge >= 0.3 is 0 Å². The minimum atomic E-state index is -0.866. The molecule has 1 N–H and O–H groups in total. The fourth-order valence-electron chi connectivity index (χ4n) is 2.90. The Bertz CT molecular complexity index is 438. The van der Waals surface area contributed by atoms with Gasteiger partial charge in [-0.1, -0.05) is 35.3 Å². The average Bonchev–Trinajstić information content (AvgIpc) is 2.84. The van der Waals surface area contributed by atoms with E-state index in [4.69, 9.17) is 0 Å². The van der Waals surface area contributed by atoms with Gasteiger partial charge < -0.3 is 5.32 Å². The maximum atomic E-state index is 12.3. The summed E-state index contributed by atoms with van der Waals surface area (Å²) in [5, 5.41) is 3.56. The molecule has 0 radical (unpaired) electrons. The molecule has 2 rings (SSSR count). The van der Waals surface area contributed by atoms with Gasteiger partial charge in [0.25, 0.3) is 0 Å². The van der Waals surface area contributed by atoms with Gasteiger partial charge in [0.2, 0.25) is 0 Å². The van der Waals surface area contributed by atoms with Gasteiger partial charge in [-0.15, -0.1) is 0 Å². The number of hydrogen-bond acceptors (Lipinski definition) is 2. The van der Waals surface area contributed by atoms with Crippen LogP contribution in [0, 0.1) is 5.92 Å². The second-order valence-corrected chi connectivity index (χ2v) is 7.64. The Kier molecular flexibility index (Phi) is 6.05. The first-order valence-corrected chi connectivity index (χ1v) is 9.19. The summed E-state index contributed by atoms with van der Waals surface area (Å²) in [7, 11) is -0.866. The van der Waals surface area contributed by atoms with Crippen LogP contribution in [0.15, 0.2) is 33.6 Å². The molecular formula is C15H22BrNOS. The van der Waals surface area contributed by atoms with E-state index >= 15 is 0 Å². The van der Waals surface area contributed by atoms with Crippen LogP contribution in [-0.4, -0.2) is 22.5 Å². The highest BCUT2D eigenvalue weighted by Crippen LogP contribution is 2.29. The molecular weight excluding hydrogens is 322 g/mol. The number of rotatable bonds is 6. The van der Waals surface area contributed by atoms with Crippen molar-refractivity contribution in [1.82, 2.24) is 5.32 Å². The molecule has 1 aromatic carbocycles. The van der Waals surface area contributed by atoms with Crippen molar-refractivity contribution < 1.29 is 4.21 Å². The minimum absolute atomic E-state index is 0.643. The monoisotopic (exact) mass is 343 g/mol. The third-order valence-corrected chi connectivity index (χ3v) is 5.74. The van der Waals surface area contributed by atoms with Crippen molar-refractivity contribution >= 4 is 26.7 Å². The normalized spacial score (nSPS) is 24.5. The number of hydrogen-bond donors (Lipinski definition) is 1. The van der Waals surface area contributed by atoms with E-state index in [0.29, 0.717) is 12.0 Å². The molecule has 2 nitrogen and oxygen atoms in total. The van der Waals surface area contributed by atoms with Crippen LogP contribution >= 0.6 is 15.9 Å². The highest BCUT2D eigenvalue weighted by atomic mass is 79.9. The van der Waals surface area contributed by atoms with Gasteiger partial charge in [-0.2, -0.15) is 0 Å². The molecule has 0 bridgehead atoms. The fourth-order valence-corrected chi connectivity index (χ4v) is 4.69. The van der Waals surface area contributed by atoms with Gasteiger partial charge in [0, 0.05) is 21.2 Å². The molecule has 1 aromatic rings. The predicted octanol–water partition coefficient (Wildman–Crippen LogP) is 3.73. The molecule has 0 saturated heterocycles. The highest BCUT2D eigenvalue weighted by Gasteiger charge is 2.26. The summed E-state index contributed by atoms with van der Waals surface area (Å²) in [6.45, 7) is 3.20. The van der Waals surface area contributed by atoms with E-state index in [1.807, 2.05) is 24.3 Å². The van der Waals surface area contributed by atoms with Gasteiger partial charge in [-0.05, 0) is 49.9 Å². The van der Waals surface area contributed by atoms with Crippen LogP contribution in [0.2, 0.25) is 0 Å². The zero-order valence-electron chi connectivity index (χ0n) is 11.4. The van der Waals surface area contributed by atoms with E-state index in [2.05, 4.69) is 28.2 Å². The van der Waals surface area contributed by atoms with Crippen molar-refractivity contribution in [3.05, 3.63) is 28.7 Å². The van der Waals surface area contributed by atoms with Crippen molar-refractivity contribution in [3.8, 4) is 0 Å². The summed E-state index contributed by atoms with van der Waals surface area (Å²) >= 11 is 3.43. The minimum Gasteiger partial charge on any atom is -0.314 e. The molecule has 3 atom stereocenters. The molecule has 0 aliphatic heterocycles. The molecule has 1 saturated carbocycles. The maximum Gasteiger partial charge on any atom is 0.0530 e. The first kappa shape index (κ1) is 15.2. The number of nitrogens with one attached hydrogen (secondary N) is 1. The van der Waals surface area contributed by atoms with Crippen molar-refractivity contribution in [1.29, 1.82) is 0 Å². The molecule has 1 fully saturated rings. The molecule has 0 spiro atoms. The van der Waals surface area contributed by atoms with Gasteiger partial charge in [-0.3, -0.25) is 4.21 Å². The lowest BCUT2D eigenvalue weighted by Gasteiger charge is -2.20. The van der Waals surface area contributed by atoms with Gasteiger partial charge in [0.1, 0.15) is 0 Å². The molecule has 0 amide bonds. The van der Waals surface area contributed by atoms with Crippen LogP contribution in [0.4, 0.5) is 0 Å². The Hall–Kier alpha value is -0.190. The summed E-state index contributed by atoms with van der Waals surface area (Å²) in [4.78, 5) is 0.937. The van der Waals surface area contributed by atoms with Crippen molar-refractivity contribution in [2.75, 3.05) is 12.3 Å².